The lowest BCUT2D eigenvalue weighted by Crippen LogP contribution is -2.60. The maximum atomic E-state index is 14.7. The minimum Gasteiger partial charge on any atom is -0.394 e. The first-order valence-electron chi connectivity index (χ1n) is 15.3. The van der Waals surface area contributed by atoms with Crippen molar-refractivity contribution in [1.29, 1.82) is 0 Å². The van der Waals surface area contributed by atoms with E-state index in [0.29, 0.717) is 32.5 Å². The van der Waals surface area contributed by atoms with Gasteiger partial charge in [-0.2, -0.15) is 0 Å². The first kappa shape index (κ1) is 28.3. The van der Waals surface area contributed by atoms with Crippen LogP contribution in [-0.4, -0.2) is 93.1 Å². The molecule has 0 aromatic carbocycles. The van der Waals surface area contributed by atoms with Crippen LogP contribution >= 0.6 is 0 Å². The normalized spacial score (nSPS) is 35.8. The molecule has 0 aromatic rings. The Morgan fingerprint density at radius 1 is 0.974 bits per heavy atom. The highest BCUT2D eigenvalue weighted by atomic mass is 16.5. The molecule has 1 N–H and O–H groups in total. The predicted octanol–water partition coefficient (Wildman–Crippen LogP) is 3.29. The first-order valence-corrected chi connectivity index (χ1v) is 15.3. The van der Waals surface area contributed by atoms with E-state index in [4.69, 9.17) is 4.74 Å². The molecule has 0 aromatic heterocycles. The zero-order valence-corrected chi connectivity index (χ0v) is 24.2. The Kier molecular flexibility index (Phi) is 7.99. The lowest BCUT2D eigenvalue weighted by molar-refractivity contribution is -0.159. The molecule has 216 valence electrons. The number of nitrogens with zero attached hydrogens (tertiary/aromatic N) is 3. The molecule has 8 nitrogen and oxygen atoms in total. The van der Waals surface area contributed by atoms with Gasteiger partial charge in [-0.15, -0.1) is 0 Å². The van der Waals surface area contributed by atoms with Gasteiger partial charge in [-0.25, -0.2) is 0 Å². The molecule has 2 saturated heterocycles. The second-order valence-electron chi connectivity index (χ2n) is 12.7. The van der Waals surface area contributed by atoms with E-state index in [1.54, 1.807) is 4.90 Å². The molecule has 0 bridgehead atoms. The average molecular weight is 542 g/mol. The molecule has 3 amide bonds. The fourth-order valence-corrected chi connectivity index (χ4v) is 8.17. The third-order valence-electron chi connectivity index (χ3n) is 9.85. The summed E-state index contributed by atoms with van der Waals surface area (Å²) in [6.45, 7) is 9.51. The highest BCUT2D eigenvalue weighted by molar-refractivity contribution is 6.00. The summed E-state index contributed by atoms with van der Waals surface area (Å²) in [5.74, 6) is -1.72. The molecule has 0 radical (unpaired) electrons. The largest absolute Gasteiger partial charge is 0.394 e. The molecule has 39 heavy (non-hydrogen) atoms. The van der Waals surface area contributed by atoms with E-state index in [2.05, 4.69) is 13.8 Å². The summed E-state index contributed by atoms with van der Waals surface area (Å²) in [6.07, 6.45) is 15.1. The summed E-state index contributed by atoms with van der Waals surface area (Å²) in [6, 6.07) is -1.28. The van der Waals surface area contributed by atoms with E-state index in [0.717, 1.165) is 32.1 Å². The molecule has 6 atom stereocenters. The third-order valence-corrected chi connectivity index (χ3v) is 9.85. The molecule has 5 aliphatic rings. The van der Waals surface area contributed by atoms with E-state index in [1.165, 1.54) is 6.42 Å². The number of ether oxygens (including phenoxy) is 1. The Morgan fingerprint density at radius 2 is 1.69 bits per heavy atom. The van der Waals surface area contributed by atoms with Crippen LogP contribution in [0.4, 0.5) is 0 Å². The lowest BCUT2D eigenvalue weighted by atomic mass is 9.73. The van der Waals surface area contributed by atoms with Gasteiger partial charge in [0.05, 0.1) is 30.1 Å². The van der Waals surface area contributed by atoms with Crippen LogP contribution in [-0.2, 0) is 19.1 Å². The summed E-state index contributed by atoms with van der Waals surface area (Å²) in [4.78, 5) is 48.9. The van der Waals surface area contributed by atoms with Crippen molar-refractivity contribution in [3.8, 4) is 0 Å². The number of carbonyl (C=O) groups is 3. The Morgan fingerprint density at radius 3 is 2.33 bits per heavy atom. The zero-order valence-electron chi connectivity index (χ0n) is 24.2. The number of rotatable bonds is 8. The zero-order chi connectivity index (χ0) is 27.9. The fourth-order valence-electron chi connectivity index (χ4n) is 8.17. The molecular formula is C31H47N3O5. The van der Waals surface area contributed by atoms with Crippen LogP contribution in [0.3, 0.4) is 0 Å². The number of aliphatic hydroxyl groups excluding tert-OH is 1. The standard InChI is InChI=1S/C31H47N3O5/c1-5-16-32-17-10-14-30(6-2)24(27(32)36)25-28(37)34(23(20-35)19-21(3)4)26-29(38)33(22-12-8-7-9-13-22)18-11-15-31(25,26)39-30/h10-11,14-15,21-26,35H,5-9,12-13,16-20H2,1-4H3/t23-,24+,25+,26?,30-,31+/m1/s1. The van der Waals surface area contributed by atoms with E-state index in [9.17, 15) is 19.5 Å². The topological polar surface area (TPSA) is 90.4 Å². The van der Waals surface area contributed by atoms with Crippen LogP contribution < -0.4 is 0 Å². The first-order chi connectivity index (χ1) is 18.7. The quantitative estimate of drug-likeness (QED) is 0.477. The molecule has 4 aliphatic heterocycles. The maximum absolute atomic E-state index is 14.7. The van der Waals surface area contributed by atoms with Crippen molar-refractivity contribution in [3.05, 3.63) is 24.3 Å². The number of aliphatic hydroxyl groups is 1. The SMILES string of the molecule is CCCN1CC=C[C@@]2(CC)O[C@]34C=CCN(C5CCCCC5)C(=O)C3N([C@@H](CO)CC(C)C)C(=O)[C@@H]4[C@H]2C1=O. The predicted molar refractivity (Wildman–Crippen MR) is 149 cm³/mol. The van der Waals surface area contributed by atoms with Gasteiger partial charge >= 0.3 is 0 Å². The van der Waals surface area contributed by atoms with Crippen LogP contribution in [0.2, 0.25) is 0 Å². The van der Waals surface area contributed by atoms with Crippen molar-refractivity contribution in [2.45, 2.75) is 108 Å². The summed E-state index contributed by atoms with van der Waals surface area (Å²) < 4.78 is 7.07. The van der Waals surface area contributed by atoms with Crippen LogP contribution in [0.1, 0.15) is 79.1 Å². The third kappa shape index (κ3) is 4.46. The highest BCUT2D eigenvalue weighted by Crippen LogP contribution is 2.59. The molecule has 1 spiro atoms. The monoisotopic (exact) mass is 541 g/mol. The van der Waals surface area contributed by atoms with Crippen molar-refractivity contribution in [2.24, 2.45) is 17.8 Å². The van der Waals surface area contributed by atoms with Crippen LogP contribution in [0.5, 0.6) is 0 Å². The molecule has 3 fully saturated rings. The van der Waals surface area contributed by atoms with E-state index < -0.39 is 35.1 Å². The van der Waals surface area contributed by atoms with Gasteiger partial charge in [0.25, 0.3) is 0 Å². The highest BCUT2D eigenvalue weighted by Gasteiger charge is 2.76. The number of amides is 3. The Labute approximate surface area is 233 Å². The van der Waals surface area contributed by atoms with Gasteiger partial charge in [-0.1, -0.05) is 71.3 Å². The minimum atomic E-state index is -1.25. The molecule has 5 rings (SSSR count). The molecule has 1 saturated carbocycles. The van der Waals surface area contributed by atoms with Gasteiger partial charge in [-0.3, -0.25) is 14.4 Å². The number of hydrogen-bond donors (Lipinski definition) is 1. The van der Waals surface area contributed by atoms with E-state index in [-0.39, 0.29) is 36.3 Å². The number of hydrogen-bond acceptors (Lipinski definition) is 5. The summed E-state index contributed by atoms with van der Waals surface area (Å²) >= 11 is 0. The summed E-state index contributed by atoms with van der Waals surface area (Å²) in [5.41, 5.74) is -2.21. The summed E-state index contributed by atoms with van der Waals surface area (Å²) in [7, 11) is 0. The Hall–Kier alpha value is -2.19. The molecule has 4 heterocycles. The van der Waals surface area contributed by atoms with Crippen molar-refractivity contribution >= 4 is 17.7 Å². The van der Waals surface area contributed by atoms with Gasteiger partial charge < -0.3 is 24.5 Å². The van der Waals surface area contributed by atoms with Crippen LogP contribution in [0, 0.1) is 17.8 Å². The molecule has 8 heteroatoms. The minimum absolute atomic E-state index is 0.0711. The maximum Gasteiger partial charge on any atom is 0.249 e. The van der Waals surface area contributed by atoms with E-state index >= 15 is 0 Å². The van der Waals surface area contributed by atoms with Crippen molar-refractivity contribution < 1.29 is 24.2 Å². The Balaban J connectivity index is 1.65. The van der Waals surface area contributed by atoms with Crippen molar-refractivity contribution in [1.82, 2.24) is 14.7 Å². The van der Waals surface area contributed by atoms with Gasteiger partial charge in [0.15, 0.2) is 0 Å². The van der Waals surface area contributed by atoms with Gasteiger partial charge in [0.2, 0.25) is 17.7 Å². The second kappa shape index (κ2) is 11.0. The van der Waals surface area contributed by atoms with Crippen LogP contribution in [0.15, 0.2) is 24.3 Å². The molecular weight excluding hydrogens is 494 g/mol. The Bertz CT molecular complexity index is 1020. The van der Waals surface area contributed by atoms with Crippen molar-refractivity contribution in [3.63, 3.8) is 0 Å². The lowest BCUT2D eigenvalue weighted by Gasteiger charge is -2.42. The van der Waals surface area contributed by atoms with Crippen LogP contribution in [0.25, 0.3) is 0 Å². The average Bonchev–Trinajstić information content (AvgIpc) is 3.23. The van der Waals surface area contributed by atoms with E-state index in [1.807, 2.05) is 48.0 Å². The number of likely N-dealkylation sites (tertiary alicyclic amines) is 1. The van der Waals surface area contributed by atoms with Gasteiger partial charge in [0.1, 0.15) is 11.6 Å². The molecule has 1 aliphatic carbocycles. The second-order valence-corrected chi connectivity index (χ2v) is 12.7. The number of carbonyl (C=O) groups excluding carboxylic acids is 3. The summed E-state index contributed by atoms with van der Waals surface area (Å²) in [5, 5.41) is 10.5. The van der Waals surface area contributed by atoms with Gasteiger partial charge in [-0.05, 0) is 38.0 Å². The molecule has 1 unspecified atom stereocenters. The van der Waals surface area contributed by atoms with Crippen molar-refractivity contribution in [2.75, 3.05) is 26.2 Å². The number of fused-ring (bicyclic) bond motifs is 2. The fraction of sp³-hybridized carbons (Fsp3) is 0.774. The smallest absolute Gasteiger partial charge is 0.249 e. The van der Waals surface area contributed by atoms with Gasteiger partial charge in [0, 0.05) is 25.7 Å².